The van der Waals surface area contributed by atoms with Gasteiger partial charge in [-0.3, -0.25) is 0 Å². The zero-order chi connectivity index (χ0) is 30.2. The molecular weight excluding hydrogens is 540 g/mol. The van der Waals surface area contributed by atoms with Gasteiger partial charge in [0.05, 0.1) is 47.5 Å². The Balaban J connectivity index is 1.37. The first kappa shape index (κ1) is 30.0. The monoisotopic (exact) mass is 580 g/mol. The lowest BCUT2D eigenvalue weighted by molar-refractivity contribution is 0.282. The number of hydrogen-bond donors (Lipinski definition) is 2. The summed E-state index contributed by atoms with van der Waals surface area (Å²) in [6.07, 6.45) is 7.93. The van der Waals surface area contributed by atoms with Crippen molar-refractivity contribution in [1.29, 1.82) is 0 Å². The normalized spacial score (nSPS) is 11.5. The Morgan fingerprint density at radius 2 is 1.28 bits per heavy atom. The molecule has 3 aromatic carbocycles. The van der Waals surface area contributed by atoms with Gasteiger partial charge in [0.2, 0.25) is 0 Å². The molecule has 2 N–H and O–H groups in total. The number of hydrogen-bond acceptors (Lipinski definition) is 7. The summed E-state index contributed by atoms with van der Waals surface area (Å²) in [7, 11) is 8.25. The van der Waals surface area contributed by atoms with E-state index < -0.39 is 0 Å². The molecule has 0 aliphatic heterocycles. The first-order valence-electron chi connectivity index (χ1n) is 14.7. The van der Waals surface area contributed by atoms with E-state index in [-0.39, 0.29) is 0 Å². The van der Waals surface area contributed by atoms with Crippen LogP contribution in [0.2, 0.25) is 0 Å². The summed E-state index contributed by atoms with van der Waals surface area (Å²) in [6, 6.07) is 17.9. The Morgan fingerprint density at radius 3 is 1.86 bits per heavy atom. The van der Waals surface area contributed by atoms with Crippen LogP contribution in [0.3, 0.4) is 0 Å². The summed E-state index contributed by atoms with van der Waals surface area (Å²) < 4.78 is 18.1. The SMILES string of the molecule is C#CCCOc1cc(-c2nc3ccc(OCCCN(C)C)cc3[nH]2)ccc1-c1nc2ccc(OCCCN(C)C)cc2[nH]1. The van der Waals surface area contributed by atoms with Crippen molar-refractivity contribution in [2.24, 2.45) is 0 Å². The number of benzene rings is 3. The zero-order valence-corrected chi connectivity index (χ0v) is 25.4. The topological polar surface area (TPSA) is 91.5 Å². The molecule has 9 heteroatoms. The minimum Gasteiger partial charge on any atom is -0.493 e. The van der Waals surface area contributed by atoms with Gasteiger partial charge in [-0.15, -0.1) is 12.3 Å². The summed E-state index contributed by atoms with van der Waals surface area (Å²) in [5, 5.41) is 0. The fourth-order valence-electron chi connectivity index (χ4n) is 4.77. The molecule has 43 heavy (non-hydrogen) atoms. The molecule has 0 radical (unpaired) electrons. The minimum atomic E-state index is 0.396. The van der Waals surface area contributed by atoms with Crippen LogP contribution in [0.5, 0.6) is 17.2 Å². The van der Waals surface area contributed by atoms with Crippen LogP contribution >= 0.6 is 0 Å². The van der Waals surface area contributed by atoms with Gasteiger partial charge in [-0.05, 0) is 77.4 Å². The molecule has 2 aromatic heterocycles. The number of nitrogens with zero attached hydrogens (tertiary/aromatic N) is 4. The molecule has 0 bridgehead atoms. The number of aromatic amines is 2. The third-order valence-electron chi connectivity index (χ3n) is 6.96. The van der Waals surface area contributed by atoms with E-state index in [9.17, 15) is 0 Å². The Bertz CT molecular complexity index is 1700. The lowest BCUT2D eigenvalue weighted by Crippen LogP contribution is -2.15. The van der Waals surface area contributed by atoms with Gasteiger partial charge >= 0.3 is 0 Å². The maximum absolute atomic E-state index is 6.17. The maximum atomic E-state index is 6.17. The summed E-state index contributed by atoms with van der Waals surface area (Å²) in [6.45, 7) is 3.69. The second-order valence-corrected chi connectivity index (χ2v) is 11.1. The van der Waals surface area contributed by atoms with Gasteiger partial charge in [-0.25, -0.2) is 9.97 Å². The van der Waals surface area contributed by atoms with Crippen LogP contribution in [0.25, 0.3) is 44.8 Å². The highest BCUT2D eigenvalue weighted by Crippen LogP contribution is 2.35. The number of aromatic nitrogens is 4. The fourth-order valence-corrected chi connectivity index (χ4v) is 4.77. The quantitative estimate of drug-likeness (QED) is 0.119. The van der Waals surface area contributed by atoms with Crippen LogP contribution in [-0.4, -0.2) is 90.8 Å². The van der Waals surface area contributed by atoms with Gasteiger partial charge in [0.1, 0.15) is 28.9 Å². The van der Waals surface area contributed by atoms with Crippen molar-refractivity contribution in [3.63, 3.8) is 0 Å². The molecule has 0 aliphatic rings. The molecule has 224 valence electrons. The van der Waals surface area contributed by atoms with Crippen molar-refractivity contribution in [3.05, 3.63) is 54.6 Å². The fraction of sp³-hybridized carbons (Fsp3) is 0.353. The number of nitrogens with one attached hydrogen (secondary N) is 2. The van der Waals surface area contributed by atoms with Crippen molar-refractivity contribution < 1.29 is 14.2 Å². The van der Waals surface area contributed by atoms with Crippen LogP contribution in [0, 0.1) is 12.3 Å². The predicted molar refractivity (Wildman–Crippen MR) is 173 cm³/mol. The van der Waals surface area contributed by atoms with Gasteiger partial charge in [0, 0.05) is 37.2 Å². The zero-order valence-electron chi connectivity index (χ0n) is 25.4. The van der Waals surface area contributed by atoms with Crippen LogP contribution in [-0.2, 0) is 0 Å². The number of ether oxygens (including phenoxy) is 3. The summed E-state index contributed by atoms with van der Waals surface area (Å²) in [4.78, 5) is 20.9. The smallest absolute Gasteiger partial charge is 0.142 e. The number of rotatable bonds is 15. The van der Waals surface area contributed by atoms with Gasteiger partial charge in [0.15, 0.2) is 0 Å². The highest BCUT2D eigenvalue weighted by Gasteiger charge is 2.15. The molecule has 0 saturated carbocycles. The van der Waals surface area contributed by atoms with Crippen molar-refractivity contribution in [3.8, 4) is 52.4 Å². The largest absolute Gasteiger partial charge is 0.493 e. The summed E-state index contributed by atoms with van der Waals surface area (Å²) in [5.74, 6) is 6.42. The van der Waals surface area contributed by atoms with Gasteiger partial charge in [-0.1, -0.05) is 6.07 Å². The lowest BCUT2D eigenvalue weighted by Gasteiger charge is -2.11. The summed E-state index contributed by atoms with van der Waals surface area (Å²) in [5.41, 5.74) is 5.27. The third-order valence-corrected chi connectivity index (χ3v) is 6.96. The Morgan fingerprint density at radius 1 is 0.698 bits per heavy atom. The molecule has 0 unspecified atom stereocenters. The first-order chi connectivity index (χ1) is 20.9. The van der Waals surface area contributed by atoms with E-state index in [2.05, 4.69) is 53.9 Å². The van der Waals surface area contributed by atoms with Crippen LogP contribution < -0.4 is 14.2 Å². The molecule has 0 amide bonds. The molecule has 9 nitrogen and oxygen atoms in total. The van der Waals surface area contributed by atoms with E-state index in [4.69, 9.17) is 30.6 Å². The number of H-pyrrole nitrogens is 2. The van der Waals surface area contributed by atoms with Gasteiger partial charge in [0.25, 0.3) is 0 Å². The molecule has 0 fully saturated rings. The second-order valence-electron chi connectivity index (χ2n) is 11.1. The molecule has 0 atom stereocenters. The molecule has 5 aromatic rings. The molecular formula is C34H40N6O3. The molecule has 5 rings (SSSR count). The van der Waals surface area contributed by atoms with Gasteiger partial charge < -0.3 is 34.0 Å². The van der Waals surface area contributed by atoms with Crippen molar-refractivity contribution in [1.82, 2.24) is 29.7 Å². The van der Waals surface area contributed by atoms with Crippen LogP contribution in [0.4, 0.5) is 0 Å². The van der Waals surface area contributed by atoms with E-state index in [0.717, 1.165) is 76.4 Å². The van der Waals surface area contributed by atoms with E-state index in [1.165, 1.54) is 0 Å². The maximum Gasteiger partial charge on any atom is 0.142 e. The highest BCUT2D eigenvalue weighted by molar-refractivity contribution is 5.84. The lowest BCUT2D eigenvalue weighted by atomic mass is 10.1. The van der Waals surface area contributed by atoms with E-state index in [0.29, 0.717) is 37.8 Å². The number of terminal acetylenes is 1. The Kier molecular flexibility index (Phi) is 9.82. The minimum absolute atomic E-state index is 0.396. The van der Waals surface area contributed by atoms with Crippen molar-refractivity contribution >= 4 is 22.1 Å². The van der Waals surface area contributed by atoms with Crippen molar-refractivity contribution in [2.45, 2.75) is 19.3 Å². The Hall–Kier alpha value is -4.52. The average molecular weight is 581 g/mol. The molecule has 0 aliphatic carbocycles. The predicted octanol–water partition coefficient (Wildman–Crippen LogP) is 5.84. The highest BCUT2D eigenvalue weighted by atomic mass is 16.5. The second kappa shape index (κ2) is 14.1. The first-order valence-corrected chi connectivity index (χ1v) is 14.7. The van der Waals surface area contributed by atoms with E-state index >= 15 is 0 Å². The standard InChI is InChI=1S/C34H40N6O3/c1-6-7-18-43-32-21-24(33-35-28-14-11-25(22-30(28)37-33)41-19-8-16-39(2)3)10-13-27(32)34-36-29-15-12-26(23-31(29)38-34)42-20-9-17-40(4)5/h1,10-15,21-23H,7-9,16-20H2,2-5H3,(H,35,37)(H,36,38). The van der Waals surface area contributed by atoms with Gasteiger partial charge in [-0.2, -0.15) is 0 Å². The number of fused-ring (bicyclic) bond motifs is 2. The Labute approximate surface area is 253 Å². The molecule has 2 heterocycles. The van der Waals surface area contributed by atoms with E-state index in [1.807, 2.05) is 54.6 Å². The third kappa shape index (κ3) is 7.86. The van der Waals surface area contributed by atoms with E-state index in [1.54, 1.807) is 0 Å². The van der Waals surface area contributed by atoms with Crippen molar-refractivity contribution in [2.75, 3.05) is 61.1 Å². The summed E-state index contributed by atoms with van der Waals surface area (Å²) >= 11 is 0. The average Bonchev–Trinajstić information content (AvgIpc) is 3.61. The molecule has 0 spiro atoms. The van der Waals surface area contributed by atoms with Crippen LogP contribution in [0.1, 0.15) is 19.3 Å². The van der Waals surface area contributed by atoms with Crippen LogP contribution in [0.15, 0.2) is 54.6 Å². The number of imidazole rings is 2. The molecule has 0 saturated heterocycles.